The van der Waals surface area contributed by atoms with E-state index in [-0.39, 0.29) is 5.91 Å². The quantitative estimate of drug-likeness (QED) is 0.928. The van der Waals surface area contributed by atoms with E-state index in [1.54, 1.807) is 12.3 Å². The van der Waals surface area contributed by atoms with E-state index >= 15 is 0 Å². The van der Waals surface area contributed by atoms with E-state index in [1.165, 1.54) is 0 Å². The highest BCUT2D eigenvalue weighted by Crippen LogP contribution is 2.23. The summed E-state index contributed by atoms with van der Waals surface area (Å²) in [6.07, 6.45) is 6.05. The highest BCUT2D eigenvalue weighted by atomic mass is 79.9. The van der Waals surface area contributed by atoms with Crippen LogP contribution in [0.5, 0.6) is 0 Å². The number of pyridine rings is 1. The summed E-state index contributed by atoms with van der Waals surface area (Å²) >= 11 is 3.33. The monoisotopic (exact) mass is 325 g/mol. The first kappa shape index (κ1) is 14.5. The Morgan fingerprint density at radius 1 is 1.37 bits per heavy atom. The number of hydrogen-bond donors (Lipinski definition) is 1. The van der Waals surface area contributed by atoms with E-state index in [0.717, 1.165) is 30.2 Å². The van der Waals surface area contributed by atoms with Crippen LogP contribution in [-0.4, -0.2) is 42.0 Å². The molecule has 4 nitrogen and oxygen atoms in total. The van der Waals surface area contributed by atoms with E-state index < -0.39 is 0 Å². The summed E-state index contributed by atoms with van der Waals surface area (Å²) in [7, 11) is 3.89. The van der Waals surface area contributed by atoms with Gasteiger partial charge >= 0.3 is 0 Å². The Hall–Kier alpha value is -0.940. The topological polar surface area (TPSA) is 45.2 Å². The van der Waals surface area contributed by atoms with E-state index in [4.69, 9.17) is 0 Å². The van der Waals surface area contributed by atoms with Gasteiger partial charge in [0.1, 0.15) is 5.69 Å². The molecule has 5 heteroatoms. The molecule has 1 aliphatic carbocycles. The van der Waals surface area contributed by atoms with Gasteiger partial charge in [-0.25, -0.2) is 4.98 Å². The molecule has 0 unspecified atom stereocenters. The van der Waals surface area contributed by atoms with Gasteiger partial charge in [-0.3, -0.25) is 4.79 Å². The van der Waals surface area contributed by atoms with E-state index in [2.05, 4.69) is 26.2 Å². The molecule has 0 atom stereocenters. The van der Waals surface area contributed by atoms with Crippen molar-refractivity contribution in [1.29, 1.82) is 0 Å². The van der Waals surface area contributed by atoms with Crippen molar-refractivity contribution < 1.29 is 4.79 Å². The van der Waals surface area contributed by atoms with Crippen molar-refractivity contribution in [2.45, 2.75) is 37.8 Å². The lowest BCUT2D eigenvalue weighted by Gasteiger charge is -2.34. The number of carbonyl (C=O) groups excluding carboxylic acids is 1. The van der Waals surface area contributed by atoms with Gasteiger partial charge in [0.2, 0.25) is 0 Å². The normalized spacial score (nSPS) is 23.1. The lowest BCUT2D eigenvalue weighted by Crippen LogP contribution is -2.42. The van der Waals surface area contributed by atoms with E-state index in [9.17, 15) is 4.79 Å². The molecule has 1 aromatic rings. The van der Waals surface area contributed by atoms with E-state index in [1.807, 2.05) is 25.1 Å². The average molecular weight is 326 g/mol. The van der Waals surface area contributed by atoms with Crippen LogP contribution in [0, 0.1) is 0 Å². The Bertz CT molecular complexity index is 427. The van der Waals surface area contributed by atoms with Crippen molar-refractivity contribution in [3.63, 3.8) is 0 Å². The fraction of sp³-hybridized carbons (Fsp3) is 0.571. The molecule has 1 aliphatic rings. The van der Waals surface area contributed by atoms with Crippen molar-refractivity contribution in [2.75, 3.05) is 14.1 Å². The number of nitrogens with one attached hydrogen (secondary N) is 1. The van der Waals surface area contributed by atoms with Crippen LogP contribution in [0.3, 0.4) is 0 Å². The smallest absolute Gasteiger partial charge is 0.272 e. The molecular weight excluding hydrogens is 306 g/mol. The molecule has 19 heavy (non-hydrogen) atoms. The Morgan fingerprint density at radius 3 is 2.58 bits per heavy atom. The maximum Gasteiger partial charge on any atom is 0.272 e. The van der Waals surface area contributed by atoms with E-state index in [0.29, 0.717) is 17.8 Å². The number of nitrogens with zero attached hydrogens (tertiary/aromatic N) is 2. The molecular formula is C14H20BrN3O. The molecule has 1 heterocycles. The zero-order valence-electron chi connectivity index (χ0n) is 11.4. The second kappa shape index (κ2) is 6.48. The molecule has 0 aromatic carbocycles. The van der Waals surface area contributed by atoms with Gasteiger partial charge in [-0.1, -0.05) is 0 Å². The third kappa shape index (κ3) is 3.54. The first-order chi connectivity index (χ1) is 9.11. The van der Waals surface area contributed by atoms with Crippen LogP contribution in [0.1, 0.15) is 36.2 Å². The number of amides is 1. The Balaban J connectivity index is 1.98. The summed E-state index contributed by atoms with van der Waals surface area (Å²) in [5.41, 5.74) is 0.515. The molecule has 104 valence electrons. The minimum Gasteiger partial charge on any atom is -0.337 e. The average Bonchev–Trinajstić information content (AvgIpc) is 2.46. The summed E-state index contributed by atoms with van der Waals surface area (Å²) in [6, 6.07) is 4.56. The summed E-state index contributed by atoms with van der Waals surface area (Å²) in [6.45, 7) is 0. The summed E-state index contributed by atoms with van der Waals surface area (Å²) in [5, 5.41) is 3.31. The standard InChI is InChI=1S/C14H20BrN3O/c1-16-11-4-6-12(7-5-11)18(2)14(19)13-8-3-10(15)9-17-13/h3,8-9,11-12,16H,4-7H2,1-2H3. The van der Waals surface area contributed by atoms with Crippen LogP contribution >= 0.6 is 15.9 Å². The third-order valence-electron chi connectivity index (χ3n) is 3.92. The molecule has 2 rings (SSSR count). The molecule has 0 bridgehead atoms. The van der Waals surface area contributed by atoms with Gasteiger partial charge in [-0.05, 0) is 60.8 Å². The van der Waals surface area contributed by atoms with Gasteiger partial charge < -0.3 is 10.2 Å². The number of halogens is 1. The molecule has 1 N–H and O–H groups in total. The van der Waals surface area contributed by atoms with Crippen LogP contribution in [0.4, 0.5) is 0 Å². The van der Waals surface area contributed by atoms with Crippen LogP contribution < -0.4 is 5.32 Å². The van der Waals surface area contributed by atoms with Gasteiger partial charge in [0, 0.05) is 29.8 Å². The van der Waals surface area contributed by atoms with Crippen molar-refractivity contribution in [1.82, 2.24) is 15.2 Å². The fourth-order valence-electron chi connectivity index (χ4n) is 2.60. The SMILES string of the molecule is CNC1CCC(N(C)C(=O)c2ccc(Br)cn2)CC1. The third-order valence-corrected chi connectivity index (χ3v) is 4.39. The number of rotatable bonds is 3. The lowest BCUT2D eigenvalue weighted by atomic mass is 9.90. The molecule has 0 spiro atoms. The minimum absolute atomic E-state index is 0.0143. The zero-order valence-corrected chi connectivity index (χ0v) is 13.0. The van der Waals surface area contributed by atoms with Crippen molar-refractivity contribution in [2.24, 2.45) is 0 Å². The lowest BCUT2D eigenvalue weighted by molar-refractivity contribution is 0.0680. The van der Waals surface area contributed by atoms with Gasteiger partial charge in [0.25, 0.3) is 5.91 Å². The van der Waals surface area contributed by atoms with Gasteiger partial charge in [-0.2, -0.15) is 0 Å². The van der Waals surface area contributed by atoms with Gasteiger partial charge in [0.05, 0.1) is 0 Å². The highest BCUT2D eigenvalue weighted by Gasteiger charge is 2.26. The molecule has 0 saturated heterocycles. The Labute approximate surface area is 122 Å². The van der Waals surface area contributed by atoms with Crippen molar-refractivity contribution in [3.8, 4) is 0 Å². The second-order valence-corrected chi connectivity index (χ2v) is 5.99. The minimum atomic E-state index is 0.0143. The maximum absolute atomic E-state index is 12.3. The summed E-state index contributed by atoms with van der Waals surface area (Å²) < 4.78 is 0.890. The van der Waals surface area contributed by atoms with Gasteiger partial charge in [-0.15, -0.1) is 0 Å². The summed E-state index contributed by atoms with van der Waals surface area (Å²) in [4.78, 5) is 18.4. The molecule has 0 aliphatic heterocycles. The highest BCUT2D eigenvalue weighted by molar-refractivity contribution is 9.10. The Morgan fingerprint density at radius 2 is 2.05 bits per heavy atom. The fourth-order valence-corrected chi connectivity index (χ4v) is 2.84. The predicted molar refractivity (Wildman–Crippen MR) is 79.1 cm³/mol. The molecule has 1 aromatic heterocycles. The first-order valence-corrected chi connectivity index (χ1v) is 7.47. The van der Waals surface area contributed by atoms with Crippen LogP contribution in [-0.2, 0) is 0 Å². The van der Waals surface area contributed by atoms with Crippen molar-refractivity contribution >= 4 is 21.8 Å². The van der Waals surface area contributed by atoms with Crippen LogP contribution in [0.2, 0.25) is 0 Å². The molecule has 1 fully saturated rings. The van der Waals surface area contributed by atoms with Crippen molar-refractivity contribution in [3.05, 3.63) is 28.5 Å². The maximum atomic E-state index is 12.3. The Kier molecular flexibility index (Phi) is 4.93. The predicted octanol–water partition coefficient (Wildman–Crippen LogP) is 2.45. The molecule has 0 radical (unpaired) electrons. The van der Waals surface area contributed by atoms with Crippen LogP contribution in [0.25, 0.3) is 0 Å². The number of aromatic nitrogens is 1. The number of hydrogen-bond acceptors (Lipinski definition) is 3. The van der Waals surface area contributed by atoms with Gasteiger partial charge in [0.15, 0.2) is 0 Å². The molecule has 1 saturated carbocycles. The number of carbonyl (C=O) groups is 1. The van der Waals surface area contributed by atoms with Crippen LogP contribution in [0.15, 0.2) is 22.8 Å². The second-order valence-electron chi connectivity index (χ2n) is 5.07. The summed E-state index contributed by atoms with van der Waals surface area (Å²) in [5.74, 6) is 0.0143. The zero-order chi connectivity index (χ0) is 13.8. The first-order valence-electron chi connectivity index (χ1n) is 6.67. The molecule has 1 amide bonds. The largest absolute Gasteiger partial charge is 0.337 e.